The Morgan fingerprint density at radius 3 is 2.94 bits per heavy atom. The summed E-state index contributed by atoms with van der Waals surface area (Å²) in [5, 5.41) is 3.03. The maximum Gasteiger partial charge on any atom is 0.293 e. The Morgan fingerprint density at radius 1 is 1.62 bits per heavy atom. The highest BCUT2D eigenvalue weighted by atomic mass is 32.2. The van der Waals surface area contributed by atoms with E-state index in [-0.39, 0.29) is 11.6 Å². The molecule has 0 amide bonds. The van der Waals surface area contributed by atoms with E-state index in [4.69, 9.17) is 0 Å². The topological polar surface area (TPSA) is 64.0 Å². The molecule has 0 bridgehead atoms. The molecule has 1 heterocycles. The average molecular weight is 243 g/mol. The van der Waals surface area contributed by atoms with Crippen molar-refractivity contribution in [1.82, 2.24) is 9.55 Å². The van der Waals surface area contributed by atoms with Crippen molar-refractivity contribution in [2.75, 3.05) is 17.3 Å². The second-order valence-electron chi connectivity index (χ2n) is 3.80. The zero-order valence-electron chi connectivity index (χ0n) is 9.77. The van der Waals surface area contributed by atoms with E-state index in [0.717, 1.165) is 6.42 Å². The van der Waals surface area contributed by atoms with E-state index in [1.54, 1.807) is 25.7 Å². The number of nitrogens with zero attached hydrogens (tertiary/aromatic N) is 2. The Bertz CT molecular complexity index is 430. The Labute approximate surface area is 97.4 Å². The molecule has 0 saturated carbocycles. The van der Waals surface area contributed by atoms with Gasteiger partial charge in [-0.2, -0.15) is 0 Å². The molecule has 0 fully saturated rings. The summed E-state index contributed by atoms with van der Waals surface area (Å²) in [4.78, 5) is 15.6. The van der Waals surface area contributed by atoms with Crippen molar-refractivity contribution < 1.29 is 4.21 Å². The SMILES string of the molecule is CC(CCS(C)=O)Nc1nccn(C)c1=O. The first-order chi connectivity index (χ1) is 7.50. The minimum atomic E-state index is -0.798. The van der Waals surface area contributed by atoms with Gasteiger partial charge in [0.05, 0.1) is 0 Å². The third-order valence-electron chi connectivity index (χ3n) is 2.24. The molecular weight excluding hydrogens is 226 g/mol. The Balaban J connectivity index is 2.63. The molecule has 0 aliphatic heterocycles. The van der Waals surface area contributed by atoms with Crippen LogP contribution in [0, 0.1) is 0 Å². The van der Waals surface area contributed by atoms with Gasteiger partial charge in [-0.3, -0.25) is 9.00 Å². The summed E-state index contributed by atoms with van der Waals surface area (Å²) in [6, 6.07) is 0.0894. The number of anilines is 1. The van der Waals surface area contributed by atoms with E-state index in [1.165, 1.54) is 4.57 Å². The Hall–Kier alpha value is -1.17. The highest BCUT2D eigenvalue weighted by molar-refractivity contribution is 7.84. The van der Waals surface area contributed by atoms with Crippen LogP contribution in [0.3, 0.4) is 0 Å². The van der Waals surface area contributed by atoms with Crippen LogP contribution in [0.2, 0.25) is 0 Å². The van der Waals surface area contributed by atoms with E-state index < -0.39 is 10.8 Å². The number of hydrogen-bond donors (Lipinski definition) is 1. The highest BCUT2D eigenvalue weighted by Gasteiger charge is 2.07. The van der Waals surface area contributed by atoms with E-state index in [0.29, 0.717) is 11.6 Å². The third kappa shape index (κ3) is 3.77. The van der Waals surface area contributed by atoms with Gasteiger partial charge in [0.1, 0.15) is 0 Å². The predicted molar refractivity (Wildman–Crippen MR) is 66.1 cm³/mol. The molecule has 0 aliphatic rings. The minimum absolute atomic E-state index is 0.0894. The monoisotopic (exact) mass is 243 g/mol. The van der Waals surface area contributed by atoms with Crippen LogP contribution in [-0.2, 0) is 17.8 Å². The summed E-state index contributed by atoms with van der Waals surface area (Å²) >= 11 is 0. The van der Waals surface area contributed by atoms with Crippen molar-refractivity contribution >= 4 is 16.6 Å². The Kier molecular flexibility index (Phi) is 4.67. The van der Waals surface area contributed by atoms with Gasteiger partial charge in [0, 0.05) is 48.3 Å². The number of nitrogens with one attached hydrogen (secondary N) is 1. The molecule has 5 nitrogen and oxygen atoms in total. The van der Waals surface area contributed by atoms with Crippen LogP contribution in [0.15, 0.2) is 17.2 Å². The standard InChI is InChI=1S/C10H17N3O2S/c1-8(4-7-16(3)15)12-9-10(14)13(2)6-5-11-9/h5-6,8H,4,7H2,1-3H3,(H,11,12). The zero-order chi connectivity index (χ0) is 12.1. The molecular formula is C10H17N3O2S. The van der Waals surface area contributed by atoms with Crippen molar-refractivity contribution in [3.63, 3.8) is 0 Å². The van der Waals surface area contributed by atoms with Crippen LogP contribution in [-0.4, -0.2) is 31.8 Å². The summed E-state index contributed by atoms with van der Waals surface area (Å²) in [5.41, 5.74) is -0.146. The van der Waals surface area contributed by atoms with Gasteiger partial charge in [0.15, 0.2) is 5.82 Å². The van der Waals surface area contributed by atoms with Crippen molar-refractivity contribution in [3.05, 3.63) is 22.7 Å². The van der Waals surface area contributed by atoms with E-state index >= 15 is 0 Å². The molecule has 16 heavy (non-hydrogen) atoms. The minimum Gasteiger partial charge on any atom is -0.363 e. The average Bonchev–Trinajstić information content (AvgIpc) is 2.22. The Morgan fingerprint density at radius 2 is 2.31 bits per heavy atom. The van der Waals surface area contributed by atoms with Gasteiger partial charge in [-0.1, -0.05) is 0 Å². The van der Waals surface area contributed by atoms with Crippen LogP contribution in [0.1, 0.15) is 13.3 Å². The summed E-state index contributed by atoms with van der Waals surface area (Å²) in [6.45, 7) is 1.95. The number of aryl methyl sites for hydroxylation is 1. The molecule has 2 atom stereocenters. The largest absolute Gasteiger partial charge is 0.363 e. The van der Waals surface area contributed by atoms with Gasteiger partial charge in [0.25, 0.3) is 5.56 Å². The summed E-state index contributed by atoms with van der Waals surface area (Å²) in [5.74, 6) is 0.973. The van der Waals surface area contributed by atoms with Crippen LogP contribution in [0.25, 0.3) is 0 Å². The lowest BCUT2D eigenvalue weighted by Crippen LogP contribution is -2.27. The van der Waals surface area contributed by atoms with Gasteiger partial charge in [-0.25, -0.2) is 4.98 Å². The highest BCUT2D eigenvalue weighted by Crippen LogP contribution is 2.00. The lowest BCUT2D eigenvalue weighted by atomic mass is 10.2. The van der Waals surface area contributed by atoms with Crippen LogP contribution in [0.4, 0.5) is 5.82 Å². The summed E-state index contributed by atoms with van der Waals surface area (Å²) < 4.78 is 12.4. The third-order valence-corrected chi connectivity index (χ3v) is 3.05. The zero-order valence-corrected chi connectivity index (χ0v) is 10.6. The number of hydrogen-bond acceptors (Lipinski definition) is 4. The molecule has 0 spiro atoms. The first-order valence-corrected chi connectivity index (χ1v) is 6.81. The van der Waals surface area contributed by atoms with Crippen LogP contribution in [0.5, 0.6) is 0 Å². The van der Waals surface area contributed by atoms with Gasteiger partial charge in [-0.05, 0) is 13.3 Å². The molecule has 1 N–H and O–H groups in total. The molecule has 0 saturated heterocycles. The lowest BCUT2D eigenvalue weighted by Gasteiger charge is -2.13. The maximum atomic E-state index is 11.6. The molecule has 0 aromatic carbocycles. The molecule has 6 heteroatoms. The second-order valence-corrected chi connectivity index (χ2v) is 5.36. The fraction of sp³-hybridized carbons (Fsp3) is 0.600. The van der Waals surface area contributed by atoms with Gasteiger partial charge in [-0.15, -0.1) is 0 Å². The van der Waals surface area contributed by atoms with Crippen molar-refractivity contribution in [2.24, 2.45) is 7.05 Å². The van der Waals surface area contributed by atoms with Crippen molar-refractivity contribution in [3.8, 4) is 0 Å². The first-order valence-electron chi connectivity index (χ1n) is 5.09. The normalized spacial score (nSPS) is 14.4. The summed E-state index contributed by atoms with van der Waals surface area (Å²) in [7, 11) is 0.884. The van der Waals surface area contributed by atoms with Crippen molar-refractivity contribution in [2.45, 2.75) is 19.4 Å². The predicted octanol–water partition coefficient (Wildman–Crippen LogP) is 0.349. The molecule has 0 radical (unpaired) electrons. The quantitative estimate of drug-likeness (QED) is 0.810. The van der Waals surface area contributed by atoms with E-state index in [2.05, 4.69) is 10.3 Å². The molecule has 1 aromatic rings. The van der Waals surface area contributed by atoms with Crippen molar-refractivity contribution in [1.29, 1.82) is 0 Å². The number of aromatic nitrogens is 2. The smallest absolute Gasteiger partial charge is 0.293 e. The van der Waals surface area contributed by atoms with Gasteiger partial charge >= 0.3 is 0 Å². The summed E-state index contributed by atoms with van der Waals surface area (Å²) in [6.07, 6.45) is 5.61. The van der Waals surface area contributed by atoms with Gasteiger partial charge in [0.2, 0.25) is 0 Å². The lowest BCUT2D eigenvalue weighted by molar-refractivity contribution is 0.677. The first kappa shape index (κ1) is 12.9. The van der Waals surface area contributed by atoms with E-state index in [1.807, 2.05) is 6.92 Å². The molecule has 0 aliphatic carbocycles. The fourth-order valence-electron chi connectivity index (χ4n) is 1.25. The van der Waals surface area contributed by atoms with Gasteiger partial charge < -0.3 is 9.88 Å². The fourth-order valence-corrected chi connectivity index (χ4v) is 1.93. The van der Waals surface area contributed by atoms with Crippen LogP contribution < -0.4 is 10.9 Å². The molecule has 1 rings (SSSR count). The number of rotatable bonds is 5. The van der Waals surface area contributed by atoms with E-state index in [9.17, 15) is 9.00 Å². The molecule has 2 unspecified atom stereocenters. The second kappa shape index (κ2) is 5.79. The molecule has 1 aromatic heterocycles. The van der Waals surface area contributed by atoms with Crippen LogP contribution >= 0.6 is 0 Å². The molecule has 90 valence electrons. The maximum absolute atomic E-state index is 11.6.